The molecule has 2 aromatic rings. The van der Waals surface area contributed by atoms with Gasteiger partial charge in [-0.3, -0.25) is 0 Å². The van der Waals surface area contributed by atoms with Crippen molar-refractivity contribution in [3.8, 4) is 23.0 Å². The summed E-state index contributed by atoms with van der Waals surface area (Å²) >= 11 is 0. The maximum Gasteiger partial charge on any atom is 0.164 e. The third-order valence-corrected chi connectivity index (χ3v) is 5.84. The fourth-order valence-corrected chi connectivity index (χ4v) is 4.26. The fraction of sp³-hybridized carbons (Fsp3) is 0.364. The maximum atomic E-state index is 10.4. The van der Waals surface area contributed by atoms with Gasteiger partial charge < -0.3 is 29.5 Å². The number of hydrogen-bond acceptors (Lipinski definition) is 6. The van der Waals surface area contributed by atoms with E-state index in [-0.39, 0.29) is 30.1 Å². The number of phenols is 2. The summed E-state index contributed by atoms with van der Waals surface area (Å²) in [4.78, 5) is 0. The van der Waals surface area contributed by atoms with Gasteiger partial charge in [0.15, 0.2) is 11.5 Å². The molecule has 2 atom stereocenters. The smallest absolute Gasteiger partial charge is 0.164 e. The first-order valence-corrected chi connectivity index (χ1v) is 9.44. The molecule has 0 aromatic heterocycles. The highest BCUT2D eigenvalue weighted by molar-refractivity contribution is 5.61. The molecule has 6 nitrogen and oxygen atoms in total. The molecule has 0 bridgehead atoms. The van der Waals surface area contributed by atoms with Crippen molar-refractivity contribution in [2.24, 2.45) is 0 Å². The van der Waals surface area contributed by atoms with Crippen LogP contribution in [0.25, 0.3) is 0 Å². The second-order valence-corrected chi connectivity index (χ2v) is 7.66. The Labute approximate surface area is 162 Å². The zero-order valence-electron chi connectivity index (χ0n) is 15.6. The lowest BCUT2D eigenvalue weighted by Gasteiger charge is -2.30. The molecule has 6 heteroatoms. The quantitative estimate of drug-likeness (QED) is 0.558. The Bertz CT molecular complexity index is 993. The number of aliphatic hydroxyl groups excluding tert-OH is 1. The second kappa shape index (κ2) is 6.43. The molecule has 0 amide bonds. The molecule has 3 heterocycles. The van der Waals surface area contributed by atoms with Gasteiger partial charge in [0, 0.05) is 16.7 Å². The molecule has 3 aliphatic rings. The maximum absolute atomic E-state index is 10.4. The monoisotopic (exact) mass is 382 g/mol. The Kier molecular flexibility index (Phi) is 4.00. The lowest BCUT2D eigenvalue weighted by Crippen LogP contribution is -2.24. The number of hydrogen-bond donors (Lipinski definition) is 3. The number of benzene rings is 2. The van der Waals surface area contributed by atoms with E-state index in [1.807, 2.05) is 19.1 Å². The Hall–Kier alpha value is -2.70. The summed E-state index contributed by atoms with van der Waals surface area (Å²) in [6.45, 7) is 3.41. The number of rotatable bonds is 3. The minimum Gasteiger partial charge on any atom is -0.504 e. The number of fused-ring (bicyclic) bond motifs is 6. The van der Waals surface area contributed by atoms with Crippen LogP contribution < -0.4 is 9.47 Å². The van der Waals surface area contributed by atoms with E-state index in [4.69, 9.17) is 14.2 Å². The molecular formula is C22H22O6. The van der Waals surface area contributed by atoms with Gasteiger partial charge in [-0.1, -0.05) is 11.6 Å². The average Bonchev–Trinajstić information content (AvgIpc) is 3.29. The van der Waals surface area contributed by atoms with Crippen LogP contribution in [0.4, 0.5) is 0 Å². The van der Waals surface area contributed by atoms with E-state index in [1.54, 1.807) is 0 Å². The lowest BCUT2D eigenvalue weighted by molar-refractivity contribution is 0.131. The molecule has 2 aromatic carbocycles. The molecule has 3 aliphatic heterocycles. The van der Waals surface area contributed by atoms with Gasteiger partial charge in [0.1, 0.15) is 17.6 Å². The van der Waals surface area contributed by atoms with Gasteiger partial charge in [0.05, 0.1) is 32.3 Å². The van der Waals surface area contributed by atoms with E-state index in [1.165, 1.54) is 11.6 Å². The highest BCUT2D eigenvalue weighted by Crippen LogP contribution is 2.55. The Morgan fingerprint density at radius 1 is 1.14 bits per heavy atom. The standard InChI is InChI=1S/C22H22O6/c1-11(7-23)2-3-14-20(25)18(24)6-16-21(14)27-10-17-15-4-12-8-26-9-13(12)5-19(15)28-22(16)17/h2,4-6,17,22-25H,3,7-10H2,1H3/t17-,22-/m0/s1. The van der Waals surface area contributed by atoms with Crippen LogP contribution in [-0.2, 0) is 24.4 Å². The van der Waals surface area contributed by atoms with Crippen LogP contribution in [0, 0.1) is 0 Å². The number of allylic oxidation sites excluding steroid dienone is 1. The summed E-state index contributed by atoms with van der Waals surface area (Å²) in [7, 11) is 0. The van der Waals surface area contributed by atoms with Crippen molar-refractivity contribution in [2.45, 2.75) is 38.6 Å². The highest BCUT2D eigenvalue weighted by Gasteiger charge is 2.43. The van der Waals surface area contributed by atoms with Crippen LogP contribution in [-0.4, -0.2) is 28.5 Å². The number of ether oxygens (including phenoxy) is 3. The minimum absolute atomic E-state index is 0.0277. The first-order valence-electron chi connectivity index (χ1n) is 9.44. The second-order valence-electron chi connectivity index (χ2n) is 7.66. The van der Waals surface area contributed by atoms with E-state index in [0.717, 1.165) is 28.0 Å². The third kappa shape index (κ3) is 2.56. The SMILES string of the molecule is CC(=CCc1c(O)c(O)cc2c1OC[C@H]1c3cc4c(cc3O[C@@H]21)COC4)CO. The molecular weight excluding hydrogens is 360 g/mol. The Balaban J connectivity index is 1.56. The van der Waals surface area contributed by atoms with Gasteiger partial charge in [0.2, 0.25) is 0 Å². The molecule has 28 heavy (non-hydrogen) atoms. The van der Waals surface area contributed by atoms with Crippen LogP contribution in [0.5, 0.6) is 23.0 Å². The molecule has 5 rings (SSSR count). The molecule has 3 N–H and O–H groups in total. The molecule has 0 spiro atoms. The van der Waals surface area contributed by atoms with E-state index in [2.05, 4.69) is 6.07 Å². The van der Waals surface area contributed by atoms with Gasteiger partial charge in [-0.2, -0.15) is 0 Å². The van der Waals surface area contributed by atoms with Gasteiger partial charge in [-0.05, 0) is 42.7 Å². The minimum atomic E-state index is -0.268. The molecule has 146 valence electrons. The normalized spacial score (nSPS) is 22.0. The molecule has 0 saturated heterocycles. The topological polar surface area (TPSA) is 88.4 Å². The van der Waals surface area contributed by atoms with Gasteiger partial charge in [-0.15, -0.1) is 0 Å². The van der Waals surface area contributed by atoms with Crippen LogP contribution in [0.1, 0.15) is 46.8 Å². The third-order valence-electron chi connectivity index (χ3n) is 5.84. The van der Waals surface area contributed by atoms with Crippen LogP contribution in [0.15, 0.2) is 29.8 Å². The van der Waals surface area contributed by atoms with Gasteiger partial charge >= 0.3 is 0 Å². The van der Waals surface area contributed by atoms with E-state index >= 15 is 0 Å². The van der Waals surface area contributed by atoms with Crippen molar-refractivity contribution in [2.75, 3.05) is 13.2 Å². The highest BCUT2D eigenvalue weighted by atomic mass is 16.5. The summed E-state index contributed by atoms with van der Waals surface area (Å²) in [5.41, 5.74) is 5.47. The molecule has 0 aliphatic carbocycles. The van der Waals surface area contributed by atoms with Crippen LogP contribution >= 0.6 is 0 Å². The summed E-state index contributed by atoms with van der Waals surface area (Å²) in [6.07, 6.45) is 1.90. The predicted molar refractivity (Wildman–Crippen MR) is 101 cm³/mol. The first-order chi connectivity index (χ1) is 13.6. The Morgan fingerprint density at radius 2 is 1.93 bits per heavy atom. The summed E-state index contributed by atoms with van der Waals surface area (Å²) < 4.78 is 17.9. The molecule has 0 fully saturated rings. The molecule has 0 unspecified atom stereocenters. The van der Waals surface area contributed by atoms with Crippen molar-refractivity contribution >= 4 is 0 Å². The largest absolute Gasteiger partial charge is 0.504 e. The summed E-state index contributed by atoms with van der Waals surface area (Å²) in [5.74, 6) is 1.04. The summed E-state index contributed by atoms with van der Waals surface area (Å²) in [5, 5.41) is 29.9. The Morgan fingerprint density at radius 3 is 2.71 bits per heavy atom. The molecule has 0 saturated carbocycles. The van der Waals surface area contributed by atoms with Gasteiger partial charge in [-0.25, -0.2) is 0 Å². The first kappa shape index (κ1) is 17.4. The zero-order chi connectivity index (χ0) is 19.4. The zero-order valence-corrected chi connectivity index (χ0v) is 15.6. The predicted octanol–water partition coefficient (Wildman–Crippen LogP) is 3.22. The van der Waals surface area contributed by atoms with Crippen LogP contribution in [0.2, 0.25) is 0 Å². The van der Waals surface area contributed by atoms with E-state index in [0.29, 0.717) is 37.6 Å². The van der Waals surface area contributed by atoms with Crippen molar-refractivity contribution in [1.82, 2.24) is 0 Å². The van der Waals surface area contributed by atoms with E-state index in [9.17, 15) is 15.3 Å². The average molecular weight is 382 g/mol. The van der Waals surface area contributed by atoms with Crippen molar-refractivity contribution in [3.63, 3.8) is 0 Å². The number of aromatic hydroxyl groups is 2. The summed E-state index contributed by atoms with van der Waals surface area (Å²) in [6, 6.07) is 5.73. The van der Waals surface area contributed by atoms with Crippen LogP contribution in [0.3, 0.4) is 0 Å². The lowest BCUT2D eigenvalue weighted by atomic mass is 9.86. The van der Waals surface area contributed by atoms with Crippen molar-refractivity contribution in [1.29, 1.82) is 0 Å². The van der Waals surface area contributed by atoms with Crippen molar-refractivity contribution in [3.05, 3.63) is 57.7 Å². The fourth-order valence-electron chi connectivity index (χ4n) is 4.26. The number of aliphatic hydroxyl groups is 1. The van der Waals surface area contributed by atoms with Gasteiger partial charge in [0.25, 0.3) is 0 Å². The molecule has 0 radical (unpaired) electrons. The number of phenolic OH excluding ortho intramolecular Hbond substituents is 2. The van der Waals surface area contributed by atoms with E-state index < -0.39 is 0 Å². The van der Waals surface area contributed by atoms with Crippen molar-refractivity contribution < 1.29 is 29.5 Å².